The van der Waals surface area contributed by atoms with Crippen LogP contribution < -0.4 is 10.1 Å². The Morgan fingerprint density at radius 3 is 2.95 bits per heavy atom. The van der Waals surface area contributed by atoms with E-state index in [0.717, 1.165) is 38.2 Å². The molecule has 0 radical (unpaired) electrons. The van der Waals surface area contributed by atoms with E-state index < -0.39 is 0 Å². The van der Waals surface area contributed by atoms with Crippen LogP contribution >= 0.6 is 12.4 Å². The maximum atomic E-state index is 9.85. The topological polar surface area (TPSA) is 53.9 Å². The quantitative estimate of drug-likeness (QED) is 0.875. The number of aryl methyl sites for hydroxylation is 1. The van der Waals surface area contributed by atoms with Crippen LogP contribution in [0.1, 0.15) is 29.9 Å². The number of nitrogens with one attached hydrogen (secondary N) is 1. The van der Waals surface area contributed by atoms with E-state index >= 15 is 0 Å². The zero-order valence-corrected chi connectivity index (χ0v) is 11.8. The Balaban J connectivity index is 0.00000133. The second-order valence-electron chi connectivity index (χ2n) is 4.86. The van der Waals surface area contributed by atoms with Gasteiger partial charge >= 0.3 is 0 Å². The monoisotopic (exact) mass is 282 g/mol. The third-order valence-electron chi connectivity index (χ3n) is 3.79. The number of aromatic hydroxyl groups is 1. The van der Waals surface area contributed by atoms with Gasteiger partial charge in [0.05, 0.1) is 13.7 Å². The maximum absolute atomic E-state index is 9.85. The predicted octanol–water partition coefficient (Wildman–Crippen LogP) is 2.24. The average molecular weight is 283 g/mol. The molecule has 1 heterocycles. The summed E-state index contributed by atoms with van der Waals surface area (Å²) in [5, 5.41) is 13.2. The Morgan fingerprint density at radius 2 is 2.26 bits per heavy atom. The fourth-order valence-corrected chi connectivity index (χ4v) is 2.92. The van der Waals surface area contributed by atoms with Gasteiger partial charge in [0.1, 0.15) is 5.84 Å². The van der Waals surface area contributed by atoms with E-state index in [1.54, 1.807) is 7.11 Å². The minimum Gasteiger partial charge on any atom is -0.504 e. The summed E-state index contributed by atoms with van der Waals surface area (Å²) in [6.45, 7) is 1.81. The van der Waals surface area contributed by atoms with Gasteiger partial charge in [-0.25, -0.2) is 0 Å². The molecule has 0 saturated heterocycles. The lowest BCUT2D eigenvalue weighted by Gasteiger charge is -2.26. The molecule has 0 spiro atoms. The van der Waals surface area contributed by atoms with Gasteiger partial charge in [-0.05, 0) is 42.5 Å². The minimum atomic E-state index is 0. The number of phenolic OH excluding ortho intramolecular Hbond substituents is 1. The summed E-state index contributed by atoms with van der Waals surface area (Å²) in [5.74, 6) is 2.23. The van der Waals surface area contributed by atoms with Crippen molar-refractivity contribution in [2.45, 2.75) is 25.2 Å². The van der Waals surface area contributed by atoms with Crippen molar-refractivity contribution in [3.8, 4) is 11.5 Å². The van der Waals surface area contributed by atoms with Gasteiger partial charge in [0, 0.05) is 12.5 Å². The summed E-state index contributed by atoms with van der Waals surface area (Å²) in [7, 11) is 1.59. The number of hydrogen-bond acceptors (Lipinski definition) is 4. The van der Waals surface area contributed by atoms with Crippen LogP contribution in [0.2, 0.25) is 0 Å². The molecule has 1 aromatic rings. The Hall–Kier alpha value is -1.42. The molecule has 1 aromatic carbocycles. The van der Waals surface area contributed by atoms with Crippen LogP contribution in [0.15, 0.2) is 17.1 Å². The molecule has 2 N–H and O–H groups in total. The number of ether oxygens (including phenoxy) is 1. The number of halogens is 1. The molecule has 0 bridgehead atoms. The number of methoxy groups -OCH3 is 1. The molecule has 0 saturated carbocycles. The lowest BCUT2D eigenvalue weighted by atomic mass is 9.81. The first-order chi connectivity index (χ1) is 8.79. The van der Waals surface area contributed by atoms with Gasteiger partial charge in [0.2, 0.25) is 0 Å². The van der Waals surface area contributed by atoms with E-state index in [4.69, 9.17) is 4.74 Å². The number of fused-ring (bicyclic) bond motifs is 1. The second-order valence-corrected chi connectivity index (χ2v) is 4.86. The third kappa shape index (κ3) is 2.50. The van der Waals surface area contributed by atoms with Crippen molar-refractivity contribution in [3.05, 3.63) is 23.3 Å². The Kier molecular flexibility index (Phi) is 4.20. The number of phenols is 1. The number of nitrogens with zero attached hydrogens (tertiary/aromatic N) is 1. The van der Waals surface area contributed by atoms with Crippen molar-refractivity contribution < 1.29 is 9.84 Å². The largest absolute Gasteiger partial charge is 0.504 e. The molecule has 1 atom stereocenters. The Bertz CT molecular complexity index is 502. The van der Waals surface area contributed by atoms with Crippen LogP contribution in [0.3, 0.4) is 0 Å². The van der Waals surface area contributed by atoms with Gasteiger partial charge in [-0.15, -0.1) is 12.4 Å². The van der Waals surface area contributed by atoms with Crippen molar-refractivity contribution >= 4 is 18.2 Å². The first-order valence-corrected chi connectivity index (χ1v) is 6.47. The van der Waals surface area contributed by atoms with E-state index in [1.807, 2.05) is 12.1 Å². The second kappa shape index (κ2) is 5.70. The number of hydrogen-bond donors (Lipinski definition) is 2. The first kappa shape index (κ1) is 14.0. The lowest BCUT2D eigenvalue weighted by molar-refractivity contribution is 0.371. The van der Waals surface area contributed by atoms with Gasteiger partial charge in [-0.1, -0.05) is 0 Å². The molecule has 1 unspecified atom stereocenters. The molecule has 1 aliphatic heterocycles. The highest BCUT2D eigenvalue weighted by atomic mass is 35.5. The first-order valence-electron chi connectivity index (χ1n) is 6.47. The summed E-state index contributed by atoms with van der Waals surface area (Å²) in [6.07, 6.45) is 3.29. The van der Waals surface area contributed by atoms with E-state index in [-0.39, 0.29) is 18.2 Å². The van der Waals surface area contributed by atoms with Gasteiger partial charge in [0.25, 0.3) is 0 Å². The van der Waals surface area contributed by atoms with E-state index in [1.165, 1.54) is 11.1 Å². The van der Waals surface area contributed by atoms with Crippen LogP contribution in [0.5, 0.6) is 11.5 Å². The van der Waals surface area contributed by atoms with Crippen LogP contribution in [0.4, 0.5) is 0 Å². The Labute approximate surface area is 119 Å². The number of benzene rings is 1. The van der Waals surface area contributed by atoms with Gasteiger partial charge < -0.3 is 15.2 Å². The summed E-state index contributed by atoms with van der Waals surface area (Å²) in [4.78, 5) is 4.54. The predicted molar refractivity (Wildman–Crippen MR) is 77.9 cm³/mol. The normalized spacial score (nSPS) is 20.9. The molecule has 2 aliphatic rings. The minimum absolute atomic E-state index is 0. The van der Waals surface area contributed by atoms with E-state index in [2.05, 4.69) is 10.3 Å². The SMILES string of the molecule is COc1cc2c(cc1O)CCCC2C1=NCCN1.Cl. The molecule has 0 aromatic heterocycles. The molecule has 0 fully saturated rings. The molecule has 0 amide bonds. The zero-order valence-electron chi connectivity index (χ0n) is 11.0. The van der Waals surface area contributed by atoms with Crippen molar-refractivity contribution in [1.29, 1.82) is 0 Å². The fraction of sp³-hybridized carbons (Fsp3) is 0.500. The standard InChI is InChI=1S/C14H18N2O2.ClH/c1-18-13-8-11-9(7-12(13)17)3-2-4-10(11)14-15-5-6-16-14;/h7-8,10,17H,2-6H2,1H3,(H,15,16);1H. The molecule has 5 heteroatoms. The number of aliphatic imine (C=N–C) groups is 1. The summed E-state index contributed by atoms with van der Waals surface area (Å²) in [6, 6.07) is 3.81. The van der Waals surface area contributed by atoms with Crippen molar-refractivity contribution in [1.82, 2.24) is 5.32 Å². The van der Waals surface area contributed by atoms with Crippen LogP contribution in [0, 0.1) is 0 Å². The molecular weight excluding hydrogens is 264 g/mol. The van der Waals surface area contributed by atoms with Gasteiger partial charge in [-0.3, -0.25) is 4.99 Å². The van der Waals surface area contributed by atoms with Gasteiger partial charge in [0.15, 0.2) is 11.5 Å². The highest BCUT2D eigenvalue weighted by Gasteiger charge is 2.27. The highest BCUT2D eigenvalue weighted by Crippen LogP contribution is 2.39. The zero-order chi connectivity index (χ0) is 12.5. The Morgan fingerprint density at radius 1 is 1.42 bits per heavy atom. The van der Waals surface area contributed by atoms with Crippen LogP contribution in [-0.4, -0.2) is 31.1 Å². The van der Waals surface area contributed by atoms with Crippen LogP contribution in [-0.2, 0) is 6.42 Å². The average Bonchev–Trinajstić information content (AvgIpc) is 2.90. The molecule has 1 aliphatic carbocycles. The van der Waals surface area contributed by atoms with E-state index in [9.17, 15) is 5.11 Å². The van der Waals surface area contributed by atoms with Crippen molar-refractivity contribution in [2.75, 3.05) is 20.2 Å². The van der Waals surface area contributed by atoms with Gasteiger partial charge in [-0.2, -0.15) is 0 Å². The smallest absolute Gasteiger partial charge is 0.160 e. The third-order valence-corrected chi connectivity index (χ3v) is 3.79. The lowest BCUT2D eigenvalue weighted by Crippen LogP contribution is -2.28. The molecule has 4 nitrogen and oxygen atoms in total. The van der Waals surface area contributed by atoms with Crippen molar-refractivity contribution in [3.63, 3.8) is 0 Å². The molecule has 19 heavy (non-hydrogen) atoms. The fourth-order valence-electron chi connectivity index (χ4n) is 2.92. The molecular formula is C14H19ClN2O2. The molecule has 3 rings (SSSR count). The van der Waals surface area contributed by atoms with Crippen LogP contribution in [0.25, 0.3) is 0 Å². The maximum Gasteiger partial charge on any atom is 0.160 e. The summed E-state index contributed by atoms with van der Waals surface area (Å²) < 4.78 is 5.21. The number of rotatable bonds is 2. The van der Waals surface area contributed by atoms with Crippen molar-refractivity contribution in [2.24, 2.45) is 4.99 Å². The highest BCUT2D eigenvalue weighted by molar-refractivity contribution is 5.91. The summed E-state index contributed by atoms with van der Waals surface area (Å²) in [5.41, 5.74) is 2.48. The summed E-state index contributed by atoms with van der Waals surface area (Å²) >= 11 is 0. The number of amidine groups is 1. The van der Waals surface area contributed by atoms with E-state index in [0.29, 0.717) is 11.7 Å². The molecule has 104 valence electrons.